The van der Waals surface area contributed by atoms with E-state index in [0.29, 0.717) is 5.69 Å². The first-order valence-corrected chi connectivity index (χ1v) is 9.31. The van der Waals surface area contributed by atoms with Gasteiger partial charge in [-0.2, -0.15) is 0 Å². The fraction of sp³-hybridized carbons (Fsp3) is 0.353. The van der Waals surface area contributed by atoms with Crippen molar-refractivity contribution in [2.75, 3.05) is 22.7 Å². The average Bonchev–Trinajstić information content (AvgIpc) is 2.57. The van der Waals surface area contributed by atoms with Gasteiger partial charge < -0.3 is 4.90 Å². The molecule has 0 saturated carbocycles. The number of benzene rings is 1. The standard InChI is InChI=1S/C17H21N3O2S/c1-14-8-11-20(12-9-14)16-6-4-15(5-7-16)19-23(21,22)17-3-2-10-18-13-17/h2-7,10,13-14,19H,8-9,11-12H2,1H3. The number of aromatic nitrogens is 1. The minimum Gasteiger partial charge on any atom is -0.372 e. The maximum atomic E-state index is 12.3. The van der Waals surface area contributed by atoms with Gasteiger partial charge in [-0.25, -0.2) is 8.42 Å². The number of pyridine rings is 1. The van der Waals surface area contributed by atoms with Crippen LogP contribution < -0.4 is 9.62 Å². The number of nitrogens with zero attached hydrogens (tertiary/aromatic N) is 2. The predicted octanol–water partition coefficient (Wildman–Crippen LogP) is 3.12. The van der Waals surface area contributed by atoms with Crippen molar-refractivity contribution in [1.29, 1.82) is 0 Å². The quantitative estimate of drug-likeness (QED) is 0.935. The highest BCUT2D eigenvalue weighted by Crippen LogP contribution is 2.25. The number of anilines is 2. The zero-order chi connectivity index (χ0) is 16.3. The second-order valence-electron chi connectivity index (χ2n) is 6.01. The van der Waals surface area contributed by atoms with Gasteiger partial charge in [-0.3, -0.25) is 9.71 Å². The van der Waals surface area contributed by atoms with Crippen LogP contribution in [0.3, 0.4) is 0 Å². The molecule has 0 aliphatic carbocycles. The second kappa shape index (κ2) is 6.58. The topological polar surface area (TPSA) is 62.3 Å². The molecule has 1 aliphatic heterocycles. The van der Waals surface area contributed by atoms with Crippen molar-refractivity contribution in [2.45, 2.75) is 24.7 Å². The maximum Gasteiger partial charge on any atom is 0.263 e. The lowest BCUT2D eigenvalue weighted by molar-refractivity contribution is 0.438. The Labute approximate surface area is 137 Å². The van der Waals surface area contributed by atoms with E-state index in [-0.39, 0.29) is 4.90 Å². The molecule has 0 radical (unpaired) electrons. The van der Waals surface area contributed by atoms with Crippen molar-refractivity contribution < 1.29 is 8.42 Å². The lowest BCUT2D eigenvalue weighted by Crippen LogP contribution is -2.32. The SMILES string of the molecule is CC1CCN(c2ccc(NS(=O)(=O)c3cccnc3)cc2)CC1. The Kier molecular flexibility index (Phi) is 4.52. The third-order valence-electron chi connectivity index (χ3n) is 4.21. The van der Waals surface area contributed by atoms with Gasteiger partial charge >= 0.3 is 0 Å². The van der Waals surface area contributed by atoms with Gasteiger partial charge in [-0.15, -0.1) is 0 Å². The summed E-state index contributed by atoms with van der Waals surface area (Å²) in [4.78, 5) is 6.36. The van der Waals surface area contributed by atoms with Gasteiger partial charge in [0.1, 0.15) is 4.90 Å². The van der Waals surface area contributed by atoms with Gasteiger partial charge in [-0.05, 0) is 55.2 Å². The Morgan fingerprint density at radius 3 is 2.43 bits per heavy atom. The largest absolute Gasteiger partial charge is 0.372 e. The van der Waals surface area contributed by atoms with E-state index in [1.807, 2.05) is 12.1 Å². The van der Waals surface area contributed by atoms with Crippen LogP contribution in [-0.4, -0.2) is 26.5 Å². The molecule has 0 amide bonds. The molecule has 1 N–H and O–H groups in total. The fourth-order valence-corrected chi connectivity index (χ4v) is 3.75. The Bertz CT molecular complexity index is 737. The molecule has 6 heteroatoms. The van der Waals surface area contributed by atoms with Crippen molar-refractivity contribution in [3.63, 3.8) is 0 Å². The van der Waals surface area contributed by atoms with Crippen LogP contribution in [0.5, 0.6) is 0 Å². The van der Waals surface area contributed by atoms with E-state index in [1.165, 1.54) is 25.1 Å². The zero-order valence-corrected chi connectivity index (χ0v) is 14.0. The molecule has 0 atom stereocenters. The predicted molar refractivity (Wildman–Crippen MR) is 92.1 cm³/mol. The van der Waals surface area contributed by atoms with Crippen LogP contribution in [0.1, 0.15) is 19.8 Å². The summed E-state index contributed by atoms with van der Waals surface area (Å²) >= 11 is 0. The van der Waals surface area contributed by atoms with Crippen molar-refractivity contribution in [1.82, 2.24) is 4.98 Å². The van der Waals surface area contributed by atoms with Gasteiger partial charge in [0.2, 0.25) is 0 Å². The molecule has 0 spiro atoms. The molecule has 1 saturated heterocycles. The molecule has 5 nitrogen and oxygen atoms in total. The first-order chi connectivity index (χ1) is 11.0. The minimum absolute atomic E-state index is 0.161. The Morgan fingerprint density at radius 1 is 1.13 bits per heavy atom. The molecule has 122 valence electrons. The van der Waals surface area contributed by atoms with E-state index in [4.69, 9.17) is 0 Å². The third kappa shape index (κ3) is 3.82. The Hall–Kier alpha value is -2.08. The smallest absolute Gasteiger partial charge is 0.263 e. The van der Waals surface area contributed by atoms with Crippen molar-refractivity contribution in [3.05, 3.63) is 48.8 Å². The first-order valence-electron chi connectivity index (χ1n) is 7.82. The van der Waals surface area contributed by atoms with E-state index in [2.05, 4.69) is 21.5 Å². The van der Waals surface area contributed by atoms with Crippen LogP contribution >= 0.6 is 0 Å². The molecule has 3 rings (SSSR count). The van der Waals surface area contributed by atoms with Gasteiger partial charge in [0.15, 0.2) is 0 Å². The van der Waals surface area contributed by atoms with Crippen LogP contribution in [0.2, 0.25) is 0 Å². The van der Waals surface area contributed by atoms with Crippen molar-refractivity contribution in [2.24, 2.45) is 5.92 Å². The molecule has 1 aromatic heterocycles. The number of rotatable bonds is 4. The summed E-state index contributed by atoms with van der Waals surface area (Å²) in [6.07, 6.45) is 5.30. The van der Waals surface area contributed by atoms with E-state index < -0.39 is 10.0 Å². The highest BCUT2D eigenvalue weighted by molar-refractivity contribution is 7.92. The highest BCUT2D eigenvalue weighted by Gasteiger charge is 2.17. The number of hydrogen-bond acceptors (Lipinski definition) is 4. The molecule has 1 aromatic carbocycles. The molecule has 0 unspecified atom stereocenters. The van der Waals surface area contributed by atoms with Crippen molar-refractivity contribution >= 4 is 21.4 Å². The summed E-state index contributed by atoms with van der Waals surface area (Å²) < 4.78 is 27.1. The molecular weight excluding hydrogens is 310 g/mol. The number of sulfonamides is 1. The monoisotopic (exact) mass is 331 g/mol. The van der Waals surface area contributed by atoms with Crippen LogP contribution in [0, 0.1) is 5.92 Å². The van der Waals surface area contributed by atoms with E-state index >= 15 is 0 Å². The van der Waals surface area contributed by atoms with Crippen LogP contribution in [0.25, 0.3) is 0 Å². The van der Waals surface area contributed by atoms with E-state index in [1.54, 1.807) is 24.4 Å². The Balaban J connectivity index is 1.70. The molecular formula is C17H21N3O2S. The van der Waals surface area contributed by atoms with Gasteiger partial charge in [-0.1, -0.05) is 6.92 Å². The van der Waals surface area contributed by atoms with Gasteiger partial charge in [0.05, 0.1) is 0 Å². The third-order valence-corrected chi connectivity index (χ3v) is 5.58. The van der Waals surface area contributed by atoms with Crippen LogP contribution in [0.15, 0.2) is 53.7 Å². The summed E-state index contributed by atoms with van der Waals surface area (Å²) in [5.74, 6) is 0.789. The summed E-state index contributed by atoms with van der Waals surface area (Å²) in [6.45, 7) is 4.40. The minimum atomic E-state index is -3.58. The number of hydrogen-bond donors (Lipinski definition) is 1. The van der Waals surface area contributed by atoms with Gasteiger partial charge in [0.25, 0.3) is 10.0 Å². The van der Waals surface area contributed by atoms with E-state index in [9.17, 15) is 8.42 Å². The summed E-state index contributed by atoms with van der Waals surface area (Å²) in [5.41, 5.74) is 1.70. The first kappa shape index (κ1) is 15.8. The summed E-state index contributed by atoms with van der Waals surface area (Å²) in [7, 11) is -3.58. The summed E-state index contributed by atoms with van der Waals surface area (Å²) in [6, 6.07) is 10.7. The van der Waals surface area contributed by atoms with Crippen LogP contribution in [-0.2, 0) is 10.0 Å². The zero-order valence-electron chi connectivity index (χ0n) is 13.1. The highest BCUT2D eigenvalue weighted by atomic mass is 32.2. The lowest BCUT2D eigenvalue weighted by atomic mass is 9.99. The molecule has 1 fully saturated rings. The second-order valence-corrected chi connectivity index (χ2v) is 7.69. The molecule has 1 aliphatic rings. The van der Waals surface area contributed by atoms with E-state index in [0.717, 1.165) is 24.7 Å². The molecule has 0 bridgehead atoms. The van der Waals surface area contributed by atoms with Gasteiger partial charge in [0, 0.05) is 36.9 Å². The molecule has 23 heavy (non-hydrogen) atoms. The molecule has 2 heterocycles. The number of nitrogens with one attached hydrogen (secondary N) is 1. The lowest BCUT2D eigenvalue weighted by Gasteiger charge is -2.32. The molecule has 2 aromatic rings. The summed E-state index contributed by atoms with van der Waals surface area (Å²) in [5, 5.41) is 0. The van der Waals surface area contributed by atoms with Crippen LogP contribution in [0.4, 0.5) is 11.4 Å². The number of piperidine rings is 1. The normalized spacial score (nSPS) is 16.3. The fourth-order valence-electron chi connectivity index (χ4n) is 2.73. The average molecular weight is 331 g/mol. The Morgan fingerprint density at radius 2 is 1.83 bits per heavy atom. The van der Waals surface area contributed by atoms with Crippen molar-refractivity contribution in [3.8, 4) is 0 Å². The maximum absolute atomic E-state index is 12.3.